The molecule has 0 aliphatic carbocycles. The predicted octanol–water partition coefficient (Wildman–Crippen LogP) is 2.89. The van der Waals surface area contributed by atoms with Gasteiger partial charge in [0.1, 0.15) is 6.33 Å². The van der Waals surface area contributed by atoms with E-state index < -0.39 is 0 Å². The molecule has 0 saturated heterocycles. The topological polar surface area (TPSA) is 67.6 Å². The average Bonchev–Trinajstić information content (AvgIpc) is 2.85. The maximum Gasteiger partial charge on any atom is 0.188 e. The van der Waals surface area contributed by atoms with Crippen molar-refractivity contribution in [2.75, 3.05) is 0 Å². The Morgan fingerprint density at radius 3 is 2.94 bits per heavy atom. The zero-order valence-corrected chi connectivity index (χ0v) is 11.6. The van der Waals surface area contributed by atoms with Crippen molar-refractivity contribution < 1.29 is 0 Å². The van der Waals surface area contributed by atoms with Crippen molar-refractivity contribution >= 4 is 23.4 Å². The third kappa shape index (κ3) is 3.48. The molecule has 1 aromatic carbocycles. The van der Waals surface area contributed by atoms with Crippen molar-refractivity contribution in [3.05, 3.63) is 35.1 Å². The van der Waals surface area contributed by atoms with Crippen LogP contribution in [-0.4, -0.2) is 21.2 Å². The summed E-state index contributed by atoms with van der Waals surface area (Å²) < 4.78 is 0. The van der Waals surface area contributed by atoms with E-state index in [4.69, 9.17) is 17.3 Å². The van der Waals surface area contributed by atoms with Crippen LogP contribution >= 0.6 is 23.4 Å². The molecule has 0 amide bonds. The molecule has 3 N–H and O–H groups in total. The van der Waals surface area contributed by atoms with Crippen LogP contribution in [0.1, 0.15) is 18.9 Å². The van der Waals surface area contributed by atoms with Crippen LogP contribution in [-0.2, 0) is 6.42 Å². The van der Waals surface area contributed by atoms with Crippen LogP contribution in [0.15, 0.2) is 34.6 Å². The summed E-state index contributed by atoms with van der Waals surface area (Å²) in [6.45, 7) is 2.08. The van der Waals surface area contributed by atoms with Crippen LogP contribution in [0.5, 0.6) is 0 Å². The molecule has 1 heterocycles. The normalized spacial score (nSPS) is 12.6. The fourth-order valence-corrected chi connectivity index (χ4v) is 2.57. The van der Waals surface area contributed by atoms with E-state index in [9.17, 15) is 0 Å². The molecule has 0 aliphatic rings. The first kappa shape index (κ1) is 13.4. The van der Waals surface area contributed by atoms with E-state index in [1.54, 1.807) is 0 Å². The van der Waals surface area contributed by atoms with Gasteiger partial charge >= 0.3 is 0 Å². The Bertz CT molecular complexity index is 501. The molecular formula is C12H15ClN4S. The minimum atomic E-state index is 0.189. The first-order valence-corrected chi connectivity index (χ1v) is 6.95. The van der Waals surface area contributed by atoms with Gasteiger partial charge in [-0.25, -0.2) is 4.98 Å². The summed E-state index contributed by atoms with van der Waals surface area (Å²) in [6, 6.07) is 6.21. The standard InChI is InChI=1S/C12H15ClN4S/c1-2-9(14)5-8-3-4-11(10(13)6-8)18-12-15-7-16-17-12/h3-4,6-7,9H,2,5,14H2,1H3,(H,15,16,17). The summed E-state index contributed by atoms with van der Waals surface area (Å²) in [4.78, 5) is 5.01. The van der Waals surface area contributed by atoms with Gasteiger partial charge in [-0.2, -0.15) is 5.10 Å². The van der Waals surface area contributed by atoms with E-state index in [-0.39, 0.29) is 6.04 Å². The second-order valence-corrected chi connectivity index (χ2v) is 5.47. The predicted molar refractivity (Wildman–Crippen MR) is 73.9 cm³/mol. The number of nitrogens with two attached hydrogens (primary N) is 1. The number of aromatic nitrogens is 3. The van der Waals surface area contributed by atoms with Crippen LogP contribution in [0.3, 0.4) is 0 Å². The third-order valence-corrected chi connectivity index (χ3v) is 4.01. The number of hydrogen-bond acceptors (Lipinski definition) is 4. The highest BCUT2D eigenvalue weighted by molar-refractivity contribution is 7.99. The molecule has 4 nitrogen and oxygen atoms in total. The van der Waals surface area contributed by atoms with Crippen molar-refractivity contribution in [2.24, 2.45) is 5.73 Å². The lowest BCUT2D eigenvalue weighted by atomic mass is 10.1. The number of benzene rings is 1. The van der Waals surface area contributed by atoms with E-state index >= 15 is 0 Å². The first-order valence-electron chi connectivity index (χ1n) is 5.76. The number of nitrogens with one attached hydrogen (secondary N) is 1. The Morgan fingerprint density at radius 1 is 1.50 bits per heavy atom. The molecule has 0 saturated carbocycles. The lowest BCUT2D eigenvalue weighted by Gasteiger charge is -2.10. The smallest absolute Gasteiger partial charge is 0.188 e. The molecule has 0 radical (unpaired) electrons. The molecule has 1 unspecified atom stereocenters. The molecule has 18 heavy (non-hydrogen) atoms. The Labute approximate surface area is 115 Å². The number of halogens is 1. The van der Waals surface area contributed by atoms with E-state index in [1.165, 1.54) is 18.1 Å². The third-order valence-electron chi connectivity index (χ3n) is 2.62. The fourth-order valence-electron chi connectivity index (χ4n) is 1.55. The second kappa shape index (κ2) is 6.22. The fraction of sp³-hybridized carbons (Fsp3) is 0.333. The second-order valence-electron chi connectivity index (χ2n) is 4.03. The lowest BCUT2D eigenvalue weighted by molar-refractivity contribution is 0.646. The van der Waals surface area contributed by atoms with Crippen molar-refractivity contribution in [3.63, 3.8) is 0 Å². The summed E-state index contributed by atoms with van der Waals surface area (Å²) in [5.41, 5.74) is 7.09. The van der Waals surface area contributed by atoms with Gasteiger partial charge in [-0.1, -0.05) is 24.6 Å². The number of H-pyrrole nitrogens is 1. The van der Waals surface area contributed by atoms with Gasteiger partial charge in [-0.05, 0) is 42.3 Å². The molecule has 2 aromatic rings. The highest BCUT2D eigenvalue weighted by Gasteiger charge is 2.07. The van der Waals surface area contributed by atoms with Gasteiger partial charge in [0, 0.05) is 10.9 Å². The van der Waals surface area contributed by atoms with Crippen molar-refractivity contribution in [1.29, 1.82) is 0 Å². The van der Waals surface area contributed by atoms with E-state index in [0.717, 1.165) is 33.5 Å². The zero-order valence-electron chi connectivity index (χ0n) is 10.1. The van der Waals surface area contributed by atoms with E-state index in [1.807, 2.05) is 12.1 Å². The molecule has 1 atom stereocenters. The summed E-state index contributed by atoms with van der Waals surface area (Å²) in [7, 11) is 0. The Kier molecular flexibility index (Phi) is 4.63. The quantitative estimate of drug-likeness (QED) is 0.885. The number of nitrogens with zero attached hydrogens (tertiary/aromatic N) is 2. The zero-order chi connectivity index (χ0) is 13.0. The SMILES string of the molecule is CCC(N)Cc1ccc(Sc2ncn[nH]2)c(Cl)c1. The highest BCUT2D eigenvalue weighted by Crippen LogP contribution is 2.31. The first-order chi connectivity index (χ1) is 8.69. The number of aromatic amines is 1. The van der Waals surface area contributed by atoms with Gasteiger partial charge in [0.2, 0.25) is 0 Å². The average molecular weight is 283 g/mol. The molecule has 0 aliphatic heterocycles. The van der Waals surface area contributed by atoms with Gasteiger partial charge in [0.25, 0.3) is 0 Å². The Morgan fingerprint density at radius 2 is 2.33 bits per heavy atom. The van der Waals surface area contributed by atoms with Crippen molar-refractivity contribution in [3.8, 4) is 0 Å². The maximum atomic E-state index is 6.25. The molecule has 2 rings (SSSR count). The van der Waals surface area contributed by atoms with Gasteiger partial charge in [0.15, 0.2) is 5.16 Å². The van der Waals surface area contributed by atoms with Gasteiger partial charge < -0.3 is 5.73 Å². The summed E-state index contributed by atoms with van der Waals surface area (Å²) in [6.07, 6.45) is 3.29. The van der Waals surface area contributed by atoms with Gasteiger partial charge in [-0.15, -0.1) is 0 Å². The minimum Gasteiger partial charge on any atom is -0.327 e. The van der Waals surface area contributed by atoms with Crippen LogP contribution < -0.4 is 5.73 Å². The summed E-state index contributed by atoms with van der Waals surface area (Å²) >= 11 is 7.71. The summed E-state index contributed by atoms with van der Waals surface area (Å²) in [5, 5.41) is 8.04. The molecule has 6 heteroatoms. The molecule has 96 valence electrons. The lowest BCUT2D eigenvalue weighted by Crippen LogP contribution is -2.21. The van der Waals surface area contributed by atoms with Crippen LogP contribution in [0.4, 0.5) is 0 Å². The van der Waals surface area contributed by atoms with Gasteiger partial charge in [0.05, 0.1) is 5.02 Å². The van der Waals surface area contributed by atoms with Crippen LogP contribution in [0, 0.1) is 0 Å². The van der Waals surface area contributed by atoms with Crippen molar-refractivity contribution in [2.45, 2.75) is 35.9 Å². The Balaban J connectivity index is 2.10. The van der Waals surface area contributed by atoms with Crippen molar-refractivity contribution in [1.82, 2.24) is 15.2 Å². The number of rotatable bonds is 5. The minimum absolute atomic E-state index is 0.189. The largest absolute Gasteiger partial charge is 0.327 e. The van der Waals surface area contributed by atoms with Gasteiger partial charge in [-0.3, -0.25) is 5.10 Å². The van der Waals surface area contributed by atoms with E-state index in [0.29, 0.717) is 0 Å². The number of hydrogen-bond donors (Lipinski definition) is 2. The Hall–Kier alpha value is -1.04. The molecule has 0 bridgehead atoms. The molecule has 0 spiro atoms. The monoisotopic (exact) mass is 282 g/mol. The highest BCUT2D eigenvalue weighted by atomic mass is 35.5. The maximum absolute atomic E-state index is 6.25. The van der Waals surface area contributed by atoms with Crippen LogP contribution in [0.2, 0.25) is 5.02 Å². The van der Waals surface area contributed by atoms with Crippen LogP contribution in [0.25, 0.3) is 0 Å². The molecule has 1 aromatic heterocycles. The molecular weight excluding hydrogens is 268 g/mol. The summed E-state index contributed by atoms with van der Waals surface area (Å²) in [5.74, 6) is 0. The van der Waals surface area contributed by atoms with E-state index in [2.05, 4.69) is 28.2 Å². The molecule has 0 fully saturated rings.